The van der Waals surface area contributed by atoms with E-state index < -0.39 is 0 Å². The van der Waals surface area contributed by atoms with Gasteiger partial charge in [0.25, 0.3) is 0 Å². The van der Waals surface area contributed by atoms with Gasteiger partial charge in [-0.15, -0.1) is 0 Å². The third-order valence-corrected chi connectivity index (χ3v) is 3.32. The second kappa shape index (κ2) is 8.92. The predicted octanol–water partition coefficient (Wildman–Crippen LogP) is 3.52. The number of unbranched alkanes of at least 4 members (excludes halogenated alkanes) is 2. The minimum absolute atomic E-state index is 0.918. The fraction of sp³-hybridized carbons (Fsp3) is 0.688. The third-order valence-electron chi connectivity index (χ3n) is 3.32. The van der Waals surface area contributed by atoms with E-state index >= 15 is 0 Å². The van der Waals surface area contributed by atoms with Gasteiger partial charge >= 0.3 is 0 Å². The molecular formula is C16H29N3. The van der Waals surface area contributed by atoms with Crippen LogP contribution in [-0.4, -0.2) is 25.1 Å². The second-order valence-electron chi connectivity index (χ2n) is 5.29. The van der Waals surface area contributed by atoms with Crippen molar-refractivity contribution < 1.29 is 0 Å². The second-order valence-corrected chi connectivity index (χ2v) is 5.29. The van der Waals surface area contributed by atoms with Gasteiger partial charge in [0.1, 0.15) is 5.82 Å². The van der Waals surface area contributed by atoms with Gasteiger partial charge in [0, 0.05) is 26.3 Å². The van der Waals surface area contributed by atoms with Gasteiger partial charge in [-0.25, -0.2) is 4.98 Å². The molecule has 1 rings (SSSR count). The molecule has 1 aromatic heterocycles. The van der Waals surface area contributed by atoms with E-state index in [4.69, 9.17) is 0 Å². The molecular weight excluding hydrogens is 234 g/mol. The van der Waals surface area contributed by atoms with Crippen molar-refractivity contribution in [3.63, 3.8) is 0 Å². The first-order valence-electron chi connectivity index (χ1n) is 7.56. The van der Waals surface area contributed by atoms with Crippen LogP contribution in [-0.2, 0) is 6.54 Å². The molecule has 3 heteroatoms. The molecule has 1 aromatic rings. The maximum Gasteiger partial charge on any atom is 0.131 e. The van der Waals surface area contributed by atoms with Gasteiger partial charge in [-0.05, 0) is 43.5 Å². The molecule has 0 atom stereocenters. The molecule has 0 aliphatic carbocycles. The number of nitrogens with one attached hydrogen (secondary N) is 1. The number of hydrogen-bond acceptors (Lipinski definition) is 3. The van der Waals surface area contributed by atoms with Crippen LogP contribution in [0.2, 0.25) is 0 Å². The highest BCUT2D eigenvalue weighted by Crippen LogP contribution is 2.17. The summed E-state index contributed by atoms with van der Waals surface area (Å²) in [4.78, 5) is 6.89. The average molecular weight is 263 g/mol. The third kappa shape index (κ3) is 5.60. The van der Waals surface area contributed by atoms with Gasteiger partial charge in [0.15, 0.2) is 0 Å². The lowest BCUT2D eigenvalue weighted by atomic mass is 10.2. The van der Waals surface area contributed by atoms with Crippen LogP contribution in [0.5, 0.6) is 0 Å². The Kier molecular flexibility index (Phi) is 7.49. The van der Waals surface area contributed by atoms with Crippen molar-refractivity contribution in [1.29, 1.82) is 0 Å². The highest BCUT2D eigenvalue weighted by atomic mass is 15.2. The summed E-state index contributed by atoms with van der Waals surface area (Å²) in [6.07, 6.45) is 6.98. The zero-order valence-electron chi connectivity index (χ0n) is 13.0. The highest BCUT2D eigenvalue weighted by Gasteiger charge is 2.06. The molecule has 0 aliphatic heterocycles. The molecule has 0 amide bonds. The van der Waals surface area contributed by atoms with Crippen molar-refractivity contribution in [1.82, 2.24) is 10.3 Å². The molecule has 1 heterocycles. The fourth-order valence-electron chi connectivity index (χ4n) is 2.24. The van der Waals surface area contributed by atoms with Gasteiger partial charge in [-0.2, -0.15) is 0 Å². The van der Waals surface area contributed by atoms with E-state index in [-0.39, 0.29) is 0 Å². The van der Waals surface area contributed by atoms with Gasteiger partial charge in [-0.1, -0.05) is 26.7 Å². The molecule has 19 heavy (non-hydrogen) atoms. The summed E-state index contributed by atoms with van der Waals surface area (Å²) in [5.41, 5.74) is 2.55. The maximum absolute atomic E-state index is 4.62. The van der Waals surface area contributed by atoms with E-state index in [1.165, 1.54) is 36.8 Å². The highest BCUT2D eigenvalue weighted by molar-refractivity contribution is 5.46. The van der Waals surface area contributed by atoms with E-state index in [0.29, 0.717) is 0 Å². The molecule has 0 unspecified atom stereocenters. The lowest BCUT2D eigenvalue weighted by Crippen LogP contribution is -2.21. The summed E-state index contributed by atoms with van der Waals surface area (Å²) in [5.74, 6) is 1.12. The molecule has 0 saturated heterocycles. The molecule has 3 nitrogen and oxygen atoms in total. The van der Waals surface area contributed by atoms with Gasteiger partial charge in [0.05, 0.1) is 0 Å². The van der Waals surface area contributed by atoms with Crippen LogP contribution in [0.25, 0.3) is 0 Å². The Labute approximate surface area is 118 Å². The monoisotopic (exact) mass is 263 g/mol. The van der Waals surface area contributed by atoms with Crippen molar-refractivity contribution in [3.8, 4) is 0 Å². The SMILES string of the molecule is CCCCCN(C)c1ncc(CNCCC)cc1C. The van der Waals surface area contributed by atoms with E-state index in [9.17, 15) is 0 Å². The first-order chi connectivity index (χ1) is 9.19. The standard InChI is InChI=1S/C16H29N3/c1-5-7-8-10-19(4)16-14(3)11-15(13-18-16)12-17-9-6-2/h11,13,17H,5-10,12H2,1-4H3. The lowest BCUT2D eigenvalue weighted by molar-refractivity contribution is 0.672. The minimum Gasteiger partial charge on any atom is -0.359 e. The molecule has 0 aromatic carbocycles. The number of anilines is 1. The fourth-order valence-corrected chi connectivity index (χ4v) is 2.24. The topological polar surface area (TPSA) is 28.2 Å². The molecule has 0 radical (unpaired) electrons. The van der Waals surface area contributed by atoms with Crippen molar-refractivity contribution in [2.24, 2.45) is 0 Å². The van der Waals surface area contributed by atoms with Crippen LogP contribution in [0.15, 0.2) is 12.3 Å². The number of hydrogen-bond donors (Lipinski definition) is 1. The smallest absolute Gasteiger partial charge is 0.131 e. The first-order valence-corrected chi connectivity index (χ1v) is 7.56. The van der Waals surface area contributed by atoms with Gasteiger partial charge in [-0.3, -0.25) is 0 Å². The van der Waals surface area contributed by atoms with E-state index in [1.807, 2.05) is 6.20 Å². The Hall–Kier alpha value is -1.09. The van der Waals surface area contributed by atoms with Gasteiger partial charge < -0.3 is 10.2 Å². The van der Waals surface area contributed by atoms with Gasteiger partial charge in [0.2, 0.25) is 0 Å². The number of aromatic nitrogens is 1. The number of aryl methyl sites for hydroxylation is 1. The van der Waals surface area contributed by atoms with Crippen LogP contribution >= 0.6 is 0 Å². The quantitative estimate of drug-likeness (QED) is 0.691. The Bertz CT molecular complexity index is 363. The average Bonchev–Trinajstić information content (AvgIpc) is 2.39. The van der Waals surface area contributed by atoms with Crippen molar-refractivity contribution in [2.75, 3.05) is 25.0 Å². The summed E-state index contributed by atoms with van der Waals surface area (Å²) < 4.78 is 0. The van der Waals surface area contributed by atoms with Crippen LogP contribution in [0.3, 0.4) is 0 Å². The normalized spacial score (nSPS) is 10.7. The van der Waals surface area contributed by atoms with Crippen molar-refractivity contribution in [2.45, 2.75) is 53.0 Å². The summed E-state index contributed by atoms with van der Waals surface area (Å²) in [5, 5.41) is 3.42. The van der Waals surface area contributed by atoms with Crippen LogP contribution < -0.4 is 10.2 Å². The van der Waals surface area contributed by atoms with E-state index in [1.54, 1.807) is 0 Å². The predicted molar refractivity (Wildman–Crippen MR) is 83.8 cm³/mol. The molecule has 0 aliphatic rings. The molecule has 1 N–H and O–H groups in total. The zero-order valence-corrected chi connectivity index (χ0v) is 13.0. The molecule has 0 saturated carbocycles. The number of pyridine rings is 1. The van der Waals surface area contributed by atoms with E-state index in [0.717, 1.165) is 25.5 Å². The summed E-state index contributed by atoms with van der Waals surface area (Å²) in [6, 6.07) is 2.25. The Balaban J connectivity index is 2.55. The van der Waals surface area contributed by atoms with Crippen LogP contribution in [0, 0.1) is 6.92 Å². The van der Waals surface area contributed by atoms with Crippen molar-refractivity contribution in [3.05, 3.63) is 23.4 Å². The summed E-state index contributed by atoms with van der Waals surface area (Å²) in [7, 11) is 2.14. The van der Waals surface area contributed by atoms with E-state index in [2.05, 4.69) is 49.1 Å². The Morgan fingerprint density at radius 2 is 2.00 bits per heavy atom. The Morgan fingerprint density at radius 1 is 1.21 bits per heavy atom. The minimum atomic E-state index is 0.918. The molecule has 0 spiro atoms. The largest absolute Gasteiger partial charge is 0.359 e. The molecule has 0 fully saturated rings. The zero-order chi connectivity index (χ0) is 14.1. The number of nitrogens with zero attached hydrogens (tertiary/aromatic N) is 2. The lowest BCUT2D eigenvalue weighted by Gasteiger charge is -2.20. The Morgan fingerprint density at radius 3 is 2.63 bits per heavy atom. The van der Waals surface area contributed by atoms with Crippen molar-refractivity contribution >= 4 is 5.82 Å². The molecule has 0 bridgehead atoms. The van der Waals surface area contributed by atoms with Crippen LogP contribution in [0.1, 0.15) is 50.7 Å². The number of rotatable bonds is 9. The molecule has 108 valence electrons. The maximum atomic E-state index is 4.62. The summed E-state index contributed by atoms with van der Waals surface area (Å²) in [6.45, 7) is 9.66. The summed E-state index contributed by atoms with van der Waals surface area (Å²) >= 11 is 0. The van der Waals surface area contributed by atoms with Crippen LogP contribution in [0.4, 0.5) is 5.82 Å². The first kappa shape index (κ1) is 16.0.